The van der Waals surface area contributed by atoms with Crippen LogP contribution < -0.4 is 4.74 Å². The van der Waals surface area contributed by atoms with E-state index in [0.717, 1.165) is 11.4 Å². The fourth-order valence-corrected chi connectivity index (χ4v) is 4.35. The van der Waals surface area contributed by atoms with Gasteiger partial charge < -0.3 is 9.30 Å². The fraction of sp³-hybridized carbons (Fsp3) is 0.182. The molecule has 0 saturated heterocycles. The van der Waals surface area contributed by atoms with Crippen LogP contribution in [0.4, 0.5) is 0 Å². The summed E-state index contributed by atoms with van der Waals surface area (Å²) in [6.07, 6.45) is 4.24. The van der Waals surface area contributed by atoms with Crippen LogP contribution in [0.25, 0.3) is 27.5 Å². The van der Waals surface area contributed by atoms with E-state index < -0.39 is 0 Å². The van der Waals surface area contributed by atoms with Crippen LogP contribution in [0, 0.1) is 6.92 Å². The number of aryl methyl sites for hydroxylation is 1. The van der Waals surface area contributed by atoms with E-state index in [0.29, 0.717) is 0 Å². The smallest absolute Gasteiger partial charge is 0.142 e. The highest BCUT2D eigenvalue weighted by Crippen LogP contribution is 2.38. The quantitative estimate of drug-likeness (QED) is 0.374. The number of fused-ring (bicyclic) bond motifs is 3. The van der Waals surface area contributed by atoms with Crippen molar-refractivity contribution in [1.82, 2.24) is 4.57 Å². The molecule has 0 atom stereocenters. The first kappa shape index (κ1) is 17.4. The van der Waals surface area contributed by atoms with Gasteiger partial charge in [-0.2, -0.15) is 0 Å². The van der Waals surface area contributed by atoms with E-state index in [-0.39, 0.29) is 0 Å². The second-order valence-electron chi connectivity index (χ2n) is 6.28. The molecule has 0 aliphatic carbocycles. The molecule has 0 saturated carbocycles. The molecule has 0 unspecified atom stereocenters. The van der Waals surface area contributed by atoms with Gasteiger partial charge in [0.1, 0.15) is 5.75 Å². The standard InChI is InChI=1S/C22H21NOS2/c1-14-5-10-22(24-2)21(11-14)23-19-8-6-15(25-3)12-17(19)18-13-16(26-4)7-9-20(18)23/h5-13H,1-4H3. The number of nitrogens with zero attached hydrogens (tertiary/aromatic N) is 1. The Morgan fingerprint density at radius 2 is 1.35 bits per heavy atom. The third-order valence-electron chi connectivity index (χ3n) is 4.75. The van der Waals surface area contributed by atoms with Crippen molar-refractivity contribution in [1.29, 1.82) is 0 Å². The molecule has 0 fully saturated rings. The van der Waals surface area contributed by atoms with Crippen LogP contribution in [-0.4, -0.2) is 24.2 Å². The Morgan fingerprint density at radius 3 is 1.85 bits per heavy atom. The van der Waals surface area contributed by atoms with E-state index in [1.54, 1.807) is 30.6 Å². The number of thioether (sulfide) groups is 2. The Kier molecular flexibility index (Phi) is 4.63. The number of aromatic nitrogens is 1. The van der Waals surface area contributed by atoms with Crippen LogP contribution in [0.1, 0.15) is 5.56 Å². The Labute approximate surface area is 162 Å². The maximum Gasteiger partial charge on any atom is 0.142 e. The second kappa shape index (κ2) is 6.93. The van der Waals surface area contributed by atoms with Crippen molar-refractivity contribution in [3.8, 4) is 11.4 Å². The lowest BCUT2D eigenvalue weighted by Gasteiger charge is -2.13. The third kappa shape index (κ3) is 2.78. The molecule has 4 rings (SSSR count). The molecule has 1 heterocycles. The lowest BCUT2D eigenvalue weighted by atomic mass is 10.1. The summed E-state index contributed by atoms with van der Waals surface area (Å²) in [6, 6.07) is 19.8. The van der Waals surface area contributed by atoms with Crippen molar-refractivity contribution in [2.24, 2.45) is 0 Å². The Bertz CT molecular complexity index is 1050. The minimum absolute atomic E-state index is 0.886. The molecule has 0 spiro atoms. The maximum atomic E-state index is 5.68. The number of benzene rings is 3. The molecule has 0 aliphatic rings. The van der Waals surface area contributed by atoms with Crippen molar-refractivity contribution >= 4 is 45.3 Å². The zero-order chi connectivity index (χ0) is 18.3. The summed E-state index contributed by atoms with van der Waals surface area (Å²) in [4.78, 5) is 2.56. The van der Waals surface area contributed by atoms with Crippen LogP contribution in [-0.2, 0) is 0 Å². The Hall–Kier alpha value is -2.04. The van der Waals surface area contributed by atoms with Gasteiger partial charge in [0.25, 0.3) is 0 Å². The summed E-state index contributed by atoms with van der Waals surface area (Å²) in [5.74, 6) is 0.886. The van der Waals surface area contributed by atoms with E-state index in [9.17, 15) is 0 Å². The predicted molar refractivity (Wildman–Crippen MR) is 116 cm³/mol. The lowest BCUT2D eigenvalue weighted by Crippen LogP contribution is -1.98. The van der Waals surface area contributed by atoms with Gasteiger partial charge in [-0.3, -0.25) is 0 Å². The molecule has 4 aromatic rings. The van der Waals surface area contributed by atoms with E-state index in [1.807, 2.05) is 0 Å². The van der Waals surface area contributed by atoms with E-state index in [1.165, 1.54) is 37.2 Å². The molecular formula is C22H21NOS2. The molecular weight excluding hydrogens is 358 g/mol. The predicted octanol–water partition coefficient (Wildman–Crippen LogP) is 6.54. The monoisotopic (exact) mass is 379 g/mol. The molecule has 2 nitrogen and oxygen atoms in total. The van der Waals surface area contributed by atoms with Gasteiger partial charge in [0, 0.05) is 20.6 Å². The van der Waals surface area contributed by atoms with Gasteiger partial charge in [-0.1, -0.05) is 6.07 Å². The number of hydrogen-bond acceptors (Lipinski definition) is 3. The Balaban J connectivity index is 2.16. The van der Waals surface area contributed by atoms with Crippen LogP contribution in [0.15, 0.2) is 64.4 Å². The first-order valence-electron chi connectivity index (χ1n) is 8.47. The van der Waals surface area contributed by atoms with Crippen molar-refractivity contribution in [2.45, 2.75) is 16.7 Å². The molecule has 0 aliphatic heterocycles. The van der Waals surface area contributed by atoms with Gasteiger partial charge in [0.15, 0.2) is 0 Å². The molecule has 0 radical (unpaired) electrons. The average molecular weight is 380 g/mol. The van der Waals surface area contributed by atoms with Crippen LogP contribution in [0.5, 0.6) is 5.75 Å². The van der Waals surface area contributed by atoms with Crippen molar-refractivity contribution in [2.75, 3.05) is 19.6 Å². The number of rotatable bonds is 4. The van der Waals surface area contributed by atoms with Crippen LogP contribution >= 0.6 is 23.5 Å². The van der Waals surface area contributed by atoms with Crippen LogP contribution in [0.2, 0.25) is 0 Å². The van der Waals surface area contributed by atoms with Gasteiger partial charge in [-0.15, -0.1) is 23.5 Å². The van der Waals surface area contributed by atoms with Gasteiger partial charge in [0.05, 0.1) is 23.8 Å². The fourth-order valence-electron chi connectivity index (χ4n) is 3.47. The molecule has 4 heteroatoms. The summed E-state index contributed by atoms with van der Waals surface area (Å²) >= 11 is 3.56. The number of ether oxygens (including phenoxy) is 1. The summed E-state index contributed by atoms with van der Waals surface area (Å²) in [6.45, 7) is 2.12. The van der Waals surface area contributed by atoms with Crippen molar-refractivity contribution in [3.63, 3.8) is 0 Å². The molecule has 1 aromatic heterocycles. The van der Waals surface area contributed by atoms with Gasteiger partial charge in [-0.05, 0) is 73.5 Å². The van der Waals surface area contributed by atoms with Gasteiger partial charge in [0.2, 0.25) is 0 Å². The third-order valence-corrected chi connectivity index (χ3v) is 6.21. The van der Waals surface area contributed by atoms with Gasteiger partial charge in [-0.25, -0.2) is 0 Å². The van der Waals surface area contributed by atoms with E-state index >= 15 is 0 Å². The van der Waals surface area contributed by atoms with E-state index in [2.05, 4.69) is 78.6 Å². The molecule has 26 heavy (non-hydrogen) atoms. The van der Waals surface area contributed by atoms with Gasteiger partial charge >= 0.3 is 0 Å². The average Bonchev–Trinajstić information content (AvgIpc) is 3.00. The summed E-state index contributed by atoms with van der Waals surface area (Å²) in [5, 5.41) is 2.57. The largest absolute Gasteiger partial charge is 0.495 e. The highest BCUT2D eigenvalue weighted by Gasteiger charge is 2.16. The van der Waals surface area contributed by atoms with Crippen molar-refractivity contribution < 1.29 is 4.74 Å². The normalized spacial score (nSPS) is 11.4. The minimum atomic E-state index is 0.886. The van der Waals surface area contributed by atoms with Crippen molar-refractivity contribution in [3.05, 3.63) is 60.2 Å². The first-order chi connectivity index (χ1) is 12.7. The summed E-state index contributed by atoms with van der Waals surface area (Å²) in [7, 11) is 1.74. The minimum Gasteiger partial charge on any atom is -0.495 e. The lowest BCUT2D eigenvalue weighted by molar-refractivity contribution is 0.413. The Morgan fingerprint density at radius 1 is 0.769 bits per heavy atom. The highest BCUT2D eigenvalue weighted by molar-refractivity contribution is 7.98. The SMILES string of the molecule is COc1ccc(C)cc1-n1c2ccc(SC)cc2c2cc(SC)ccc21. The summed E-state index contributed by atoms with van der Waals surface area (Å²) < 4.78 is 8.01. The molecule has 0 amide bonds. The molecule has 132 valence electrons. The molecule has 0 bridgehead atoms. The number of hydrogen-bond donors (Lipinski definition) is 0. The van der Waals surface area contributed by atoms with E-state index in [4.69, 9.17) is 4.74 Å². The highest BCUT2D eigenvalue weighted by atomic mass is 32.2. The second-order valence-corrected chi connectivity index (χ2v) is 8.04. The zero-order valence-corrected chi connectivity index (χ0v) is 17.0. The molecule has 3 aromatic carbocycles. The van der Waals surface area contributed by atoms with Crippen LogP contribution in [0.3, 0.4) is 0 Å². The zero-order valence-electron chi connectivity index (χ0n) is 15.4. The molecule has 0 N–H and O–H groups in total. The number of methoxy groups -OCH3 is 1. The maximum absolute atomic E-state index is 5.68. The summed E-state index contributed by atoms with van der Waals surface area (Å²) in [5.41, 5.74) is 4.72. The topological polar surface area (TPSA) is 14.2 Å². The first-order valence-corrected chi connectivity index (χ1v) is 10.9.